The summed E-state index contributed by atoms with van der Waals surface area (Å²) in [6.07, 6.45) is 0. The van der Waals surface area contributed by atoms with Gasteiger partial charge in [0.2, 0.25) is 0 Å². The Morgan fingerprint density at radius 3 is 2.53 bits per heavy atom. The first-order valence-corrected chi connectivity index (χ1v) is 11.5. The van der Waals surface area contributed by atoms with E-state index < -0.39 is 0 Å². The molecule has 1 aliphatic rings. The quantitative estimate of drug-likeness (QED) is 0.459. The van der Waals surface area contributed by atoms with Crippen LogP contribution in [0.3, 0.4) is 0 Å². The minimum atomic E-state index is 0.00597. The first kappa shape index (κ1) is 20.6. The lowest BCUT2D eigenvalue weighted by Crippen LogP contribution is -2.48. The van der Waals surface area contributed by atoms with Crippen LogP contribution in [0.2, 0.25) is 0 Å². The highest BCUT2D eigenvalue weighted by Crippen LogP contribution is 2.25. The highest BCUT2D eigenvalue weighted by molar-refractivity contribution is 7.09. The molecule has 0 saturated carbocycles. The monoisotopic (exact) mass is 444 g/mol. The van der Waals surface area contributed by atoms with Gasteiger partial charge < -0.3 is 9.64 Å². The van der Waals surface area contributed by atoms with Crippen LogP contribution in [0, 0.1) is 0 Å². The van der Waals surface area contributed by atoms with Gasteiger partial charge in [0.25, 0.3) is 5.91 Å². The lowest BCUT2D eigenvalue weighted by Gasteiger charge is -2.34. The summed E-state index contributed by atoms with van der Waals surface area (Å²) in [5.74, 6) is 0.849. The minimum absolute atomic E-state index is 0.00597. The molecule has 0 N–H and O–H groups in total. The van der Waals surface area contributed by atoms with Crippen LogP contribution in [0.25, 0.3) is 22.2 Å². The molecular weight excluding hydrogens is 420 g/mol. The summed E-state index contributed by atoms with van der Waals surface area (Å²) in [6.45, 7) is 3.86. The molecule has 162 valence electrons. The number of thiazole rings is 1. The number of rotatable bonds is 5. The number of carbonyl (C=O) groups is 1. The van der Waals surface area contributed by atoms with Crippen molar-refractivity contribution in [3.05, 3.63) is 76.7 Å². The van der Waals surface area contributed by atoms with Gasteiger partial charge in [-0.05, 0) is 36.4 Å². The van der Waals surface area contributed by atoms with Crippen LogP contribution in [0.5, 0.6) is 5.75 Å². The van der Waals surface area contributed by atoms with Gasteiger partial charge in [0, 0.05) is 42.5 Å². The Kier molecular flexibility index (Phi) is 5.83. The number of piperazine rings is 1. The van der Waals surface area contributed by atoms with Crippen LogP contribution in [0.1, 0.15) is 15.5 Å². The van der Waals surface area contributed by atoms with E-state index in [4.69, 9.17) is 9.72 Å². The topological polar surface area (TPSA) is 58.6 Å². The Balaban J connectivity index is 1.18. The number of nitrogens with zero attached hydrogens (tertiary/aromatic N) is 4. The van der Waals surface area contributed by atoms with Gasteiger partial charge in [0.1, 0.15) is 16.5 Å². The summed E-state index contributed by atoms with van der Waals surface area (Å²) in [4.78, 5) is 26.6. The molecule has 4 aromatic rings. The molecule has 7 heteroatoms. The molecule has 2 aromatic carbocycles. The molecule has 1 amide bonds. The highest BCUT2D eigenvalue weighted by Gasteiger charge is 2.23. The summed E-state index contributed by atoms with van der Waals surface area (Å²) in [5, 5.41) is 4.24. The predicted octanol–water partition coefficient (Wildman–Crippen LogP) is 4.32. The van der Waals surface area contributed by atoms with Crippen molar-refractivity contribution in [1.82, 2.24) is 19.8 Å². The number of amides is 1. The molecule has 1 saturated heterocycles. The van der Waals surface area contributed by atoms with Gasteiger partial charge in [-0.1, -0.05) is 24.3 Å². The van der Waals surface area contributed by atoms with Crippen molar-refractivity contribution in [3.8, 4) is 17.0 Å². The number of benzene rings is 2. The SMILES string of the molecule is COc1ccc(-c2csc(CN3CCN(C(=O)c4ccc5ccccc5n4)CC3)n2)cc1. The largest absolute Gasteiger partial charge is 0.497 e. The van der Waals surface area contributed by atoms with Crippen LogP contribution in [-0.4, -0.2) is 59.0 Å². The van der Waals surface area contributed by atoms with Crippen molar-refractivity contribution < 1.29 is 9.53 Å². The third-order valence-corrected chi connectivity index (χ3v) is 6.61. The average Bonchev–Trinajstić information content (AvgIpc) is 3.32. The highest BCUT2D eigenvalue weighted by atomic mass is 32.1. The minimum Gasteiger partial charge on any atom is -0.497 e. The first-order valence-electron chi connectivity index (χ1n) is 10.7. The van der Waals surface area contributed by atoms with Crippen LogP contribution in [-0.2, 0) is 6.54 Å². The molecule has 0 bridgehead atoms. The van der Waals surface area contributed by atoms with E-state index >= 15 is 0 Å². The molecule has 0 atom stereocenters. The van der Waals surface area contributed by atoms with E-state index in [1.54, 1.807) is 18.4 Å². The maximum atomic E-state index is 12.9. The second kappa shape index (κ2) is 9.06. The molecule has 0 spiro atoms. The van der Waals surface area contributed by atoms with E-state index in [1.165, 1.54) is 0 Å². The van der Waals surface area contributed by atoms with Gasteiger partial charge in [0.15, 0.2) is 0 Å². The van der Waals surface area contributed by atoms with Gasteiger partial charge in [-0.3, -0.25) is 9.69 Å². The third-order valence-electron chi connectivity index (χ3n) is 5.77. The van der Waals surface area contributed by atoms with Gasteiger partial charge in [-0.25, -0.2) is 9.97 Å². The molecule has 1 fully saturated rings. The average molecular weight is 445 g/mol. The van der Waals surface area contributed by atoms with Crippen molar-refractivity contribution in [1.29, 1.82) is 0 Å². The lowest BCUT2D eigenvalue weighted by atomic mass is 10.2. The van der Waals surface area contributed by atoms with Crippen molar-refractivity contribution in [2.24, 2.45) is 0 Å². The summed E-state index contributed by atoms with van der Waals surface area (Å²) in [7, 11) is 1.67. The summed E-state index contributed by atoms with van der Waals surface area (Å²) >= 11 is 1.68. The number of hydrogen-bond donors (Lipinski definition) is 0. The molecule has 0 aliphatic carbocycles. The third kappa shape index (κ3) is 4.35. The number of pyridine rings is 1. The van der Waals surface area contributed by atoms with Crippen molar-refractivity contribution >= 4 is 28.1 Å². The molecule has 3 heterocycles. The maximum Gasteiger partial charge on any atom is 0.272 e. The zero-order valence-electron chi connectivity index (χ0n) is 17.9. The second-order valence-corrected chi connectivity index (χ2v) is 8.76. The first-order chi connectivity index (χ1) is 15.7. The van der Waals surface area contributed by atoms with Gasteiger partial charge in [0.05, 0.1) is 24.9 Å². The Labute approximate surface area is 191 Å². The van der Waals surface area contributed by atoms with Crippen molar-refractivity contribution in [3.63, 3.8) is 0 Å². The predicted molar refractivity (Wildman–Crippen MR) is 127 cm³/mol. The Hall–Kier alpha value is -3.29. The number of carbonyl (C=O) groups excluding carboxylic acids is 1. The van der Waals surface area contributed by atoms with E-state index in [0.29, 0.717) is 18.8 Å². The molecule has 1 aliphatic heterocycles. The van der Waals surface area contributed by atoms with E-state index in [0.717, 1.165) is 52.6 Å². The Morgan fingerprint density at radius 1 is 0.969 bits per heavy atom. The number of hydrogen-bond acceptors (Lipinski definition) is 6. The van der Waals surface area contributed by atoms with Crippen molar-refractivity contribution in [2.45, 2.75) is 6.54 Å². The number of aromatic nitrogens is 2. The number of ether oxygens (including phenoxy) is 1. The van der Waals surface area contributed by atoms with Crippen LogP contribution in [0.4, 0.5) is 0 Å². The van der Waals surface area contributed by atoms with E-state index in [1.807, 2.05) is 65.6 Å². The summed E-state index contributed by atoms with van der Waals surface area (Å²) in [6, 6.07) is 19.6. The Morgan fingerprint density at radius 2 is 1.75 bits per heavy atom. The van der Waals surface area contributed by atoms with Crippen LogP contribution in [0.15, 0.2) is 66.0 Å². The molecular formula is C25H24N4O2S. The van der Waals surface area contributed by atoms with Crippen molar-refractivity contribution in [2.75, 3.05) is 33.3 Å². The van der Waals surface area contributed by atoms with Crippen LogP contribution >= 0.6 is 11.3 Å². The van der Waals surface area contributed by atoms with E-state index in [-0.39, 0.29) is 5.91 Å². The fourth-order valence-electron chi connectivity index (χ4n) is 3.93. The van der Waals surface area contributed by atoms with E-state index in [9.17, 15) is 4.79 Å². The number of para-hydroxylation sites is 1. The smallest absolute Gasteiger partial charge is 0.272 e. The molecule has 0 radical (unpaired) electrons. The van der Waals surface area contributed by atoms with Crippen LogP contribution < -0.4 is 4.74 Å². The maximum absolute atomic E-state index is 12.9. The lowest BCUT2D eigenvalue weighted by molar-refractivity contribution is 0.0623. The summed E-state index contributed by atoms with van der Waals surface area (Å²) < 4.78 is 5.23. The van der Waals surface area contributed by atoms with Gasteiger partial charge >= 0.3 is 0 Å². The zero-order chi connectivity index (χ0) is 21.9. The molecule has 32 heavy (non-hydrogen) atoms. The fourth-order valence-corrected chi connectivity index (χ4v) is 4.77. The molecule has 6 nitrogen and oxygen atoms in total. The van der Waals surface area contributed by atoms with E-state index in [2.05, 4.69) is 15.3 Å². The zero-order valence-corrected chi connectivity index (χ0v) is 18.7. The molecule has 2 aromatic heterocycles. The fraction of sp³-hybridized carbons (Fsp3) is 0.240. The normalized spacial score (nSPS) is 14.6. The number of fused-ring (bicyclic) bond motifs is 1. The standard InChI is InChI=1S/C25H24N4O2S/c1-31-20-9-6-19(7-10-20)23-17-32-24(27-23)16-28-12-14-29(15-13-28)25(30)22-11-8-18-4-2-3-5-21(18)26-22/h2-11,17H,12-16H2,1H3. The Bertz CT molecular complexity index is 1230. The summed E-state index contributed by atoms with van der Waals surface area (Å²) in [5.41, 5.74) is 3.45. The molecule has 0 unspecified atom stereocenters. The molecule has 5 rings (SSSR count). The van der Waals surface area contributed by atoms with Gasteiger partial charge in [-0.2, -0.15) is 0 Å². The number of methoxy groups -OCH3 is 1. The second-order valence-electron chi connectivity index (χ2n) is 7.81. The van der Waals surface area contributed by atoms with Gasteiger partial charge in [-0.15, -0.1) is 11.3 Å².